The largest absolute Gasteiger partial charge is 0.381 e. The topological polar surface area (TPSA) is 42.4 Å². The molecule has 0 aliphatic carbocycles. The van der Waals surface area contributed by atoms with Crippen molar-refractivity contribution in [1.82, 2.24) is 9.88 Å². The Morgan fingerprint density at radius 1 is 1.06 bits per heavy atom. The minimum atomic E-state index is -0.810. The molecule has 4 nitrogen and oxygen atoms in total. The van der Waals surface area contributed by atoms with Crippen molar-refractivity contribution in [2.45, 2.75) is 43.9 Å². The van der Waals surface area contributed by atoms with Crippen molar-refractivity contribution in [2.24, 2.45) is 5.92 Å². The molecule has 2 fully saturated rings. The van der Waals surface area contributed by atoms with E-state index >= 15 is 0 Å². The average Bonchev–Trinajstić information content (AvgIpc) is 3.10. The van der Waals surface area contributed by atoms with E-state index in [2.05, 4.69) is 29.2 Å². The number of likely N-dealkylation sites (tertiary alicyclic amines) is 1. The van der Waals surface area contributed by atoms with Gasteiger partial charge in [-0.25, -0.2) is 4.39 Å². The quantitative estimate of drug-likeness (QED) is 0.547. The highest BCUT2D eigenvalue weighted by molar-refractivity contribution is 5.88. The number of halogens is 1. The van der Waals surface area contributed by atoms with Crippen molar-refractivity contribution >= 4 is 16.7 Å². The Hall–Kier alpha value is -2.79. The van der Waals surface area contributed by atoms with E-state index in [1.54, 1.807) is 12.1 Å². The van der Waals surface area contributed by atoms with Crippen LogP contribution in [0.15, 0.2) is 60.9 Å². The predicted molar refractivity (Wildman–Crippen MR) is 127 cm³/mol. The Bertz CT molecular complexity index is 1130. The van der Waals surface area contributed by atoms with Gasteiger partial charge in [-0.2, -0.15) is 0 Å². The number of ether oxygens (including phenoxy) is 1. The summed E-state index contributed by atoms with van der Waals surface area (Å²) in [7, 11) is 0. The summed E-state index contributed by atoms with van der Waals surface area (Å²) in [5.41, 5.74) is 1.06. The standard InChI is InChI=1S/C28H31FN2O2/c29-26-6-2-1-5-25(26)28(11-16-33-17-12-28)27(32)31-14-3-4-21(10-15-31)18-22-7-8-24-20-30-13-9-23(24)19-22/h1-2,5-9,13,19-21H,3-4,10-12,14-18H2. The third-order valence-electron chi connectivity index (χ3n) is 7.51. The molecule has 1 aromatic heterocycles. The molecule has 1 unspecified atom stereocenters. The minimum Gasteiger partial charge on any atom is -0.381 e. The molecule has 172 valence electrons. The van der Waals surface area contributed by atoms with Crippen molar-refractivity contribution in [2.75, 3.05) is 26.3 Å². The lowest BCUT2D eigenvalue weighted by molar-refractivity contribution is -0.141. The van der Waals surface area contributed by atoms with Crippen LogP contribution >= 0.6 is 0 Å². The van der Waals surface area contributed by atoms with Crippen LogP contribution in [0.3, 0.4) is 0 Å². The maximum absolute atomic E-state index is 14.8. The van der Waals surface area contributed by atoms with Crippen LogP contribution in [-0.2, 0) is 21.4 Å². The Kier molecular flexibility index (Phi) is 6.41. The fraction of sp³-hybridized carbons (Fsp3) is 0.429. The Balaban J connectivity index is 1.31. The van der Waals surface area contributed by atoms with Crippen molar-refractivity contribution in [3.63, 3.8) is 0 Å². The second kappa shape index (κ2) is 9.60. The number of aromatic nitrogens is 1. The summed E-state index contributed by atoms with van der Waals surface area (Å²) in [6.07, 6.45) is 8.90. The van der Waals surface area contributed by atoms with Crippen LogP contribution in [0.2, 0.25) is 0 Å². The maximum atomic E-state index is 14.8. The first-order valence-corrected chi connectivity index (χ1v) is 12.1. The third-order valence-corrected chi connectivity index (χ3v) is 7.51. The van der Waals surface area contributed by atoms with E-state index in [1.807, 2.05) is 23.4 Å². The van der Waals surface area contributed by atoms with Gasteiger partial charge in [0, 0.05) is 49.6 Å². The first kappa shape index (κ1) is 22.0. The lowest BCUT2D eigenvalue weighted by Gasteiger charge is -2.40. The molecule has 0 N–H and O–H groups in total. The van der Waals surface area contributed by atoms with Crippen LogP contribution in [0, 0.1) is 11.7 Å². The monoisotopic (exact) mass is 446 g/mol. The van der Waals surface area contributed by atoms with Gasteiger partial charge in [0.25, 0.3) is 0 Å². The van der Waals surface area contributed by atoms with Gasteiger partial charge in [0.1, 0.15) is 5.82 Å². The van der Waals surface area contributed by atoms with E-state index in [9.17, 15) is 9.18 Å². The second-order valence-corrected chi connectivity index (χ2v) is 9.52. The van der Waals surface area contributed by atoms with Gasteiger partial charge >= 0.3 is 0 Å². The number of hydrogen-bond donors (Lipinski definition) is 0. The van der Waals surface area contributed by atoms with E-state index in [1.165, 1.54) is 17.0 Å². The molecule has 0 bridgehead atoms. The Morgan fingerprint density at radius 3 is 2.76 bits per heavy atom. The van der Waals surface area contributed by atoms with Crippen LogP contribution in [0.1, 0.15) is 43.2 Å². The molecule has 0 saturated carbocycles. The highest BCUT2D eigenvalue weighted by Crippen LogP contribution is 2.39. The van der Waals surface area contributed by atoms with Crippen LogP contribution < -0.4 is 0 Å². The Morgan fingerprint density at radius 2 is 1.91 bits per heavy atom. The highest BCUT2D eigenvalue weighted by atomic mass is 19.1. The summed E-state index contributed by atoms with van der Waals surface area (Å²) in [4.78, 5) is 20.1. The Labute approximate surface area is 194 Å². The zero-order valence-electron chi connectivity index (χ0n) is 19.0. The molecule has 1 amide bonds. The van der Waals surface area contributed by atoms with Gasteiger partial charge in [-0.15, -0.1) is 0 Å². The van der Waals surface area contributed by atoms with Gasteiger partial charge in [0.15, 0.2) is 0 Å². The minimum absolute atomic E-state index is 0.0785. The highest BCUT2D eigenvalue weighted by Gasteiger charge is 2.45. The van der Waals surface area contributed by atoms with Gasteiger partial charge in [0.2, 0.25) is 5.91 Å². The number of amides is 1. The summed E-state index contributed by atoms with van der Waals surface area (Å²) in [6.45, 7) is 2.47. The lowest BCUT2D eigenvalue weighted by Crippen LogP contribution is -2.50. The van der Waals surface area contributed by atoms with Crippen LogP contribution in [0.25, 0.3) is 10.8 Å². The molecule has 5 heteroatoms. The molecular weight excluding hydrogens is 415 g/mol. The molecule has 5 rings (SSSR count). The van der Waals surface area contributed by atoms with E-state index < -0.39 is 5.41 Å². The van der Waals surface area contributed by atoms with Gasteiger partial charge in [-0.05, 0) is 67.5 Å². The van der Waals surface area contributed by atoms with Crippen molar-refractivity contribution in [1.29, 1.82) is 0 Å². The third kappa shape index (κ3) is 4.51. The SMILES string of the molecule is O=C(N1CCCC(Cc2ccc3cnccc3c2)CC1)C1(c2ccccc2F)CCOCC1. The van der Waals surface area contributed by atoms with Crippen molar-refractivity contribution in [3.05, 3.63) is 77.9 Å². The van der Waals surface area contributed by atoms with Crippen LogP contribution in [0.4, 0.5) is 4.39 Å². The molecular formula is C28H31FN2O2. The molecule has 2 saturated heterocycles. The molecule has 33 heavy (non-hydrogen) atoms. The zero-order valence-corrected chi connectivity index (χ0v) is 19.0. The van der Waals surface area contributed by atoms with Gasteiger partial charge in [0.05, 0.1) is 5.41 Å². The molecule has 2 aliphatic rings. The number of fused-ring (bicyclic) bond motifs is 1. The van der Waals surface area contributed by atoms with Crippen molar-refractivity contribution < 1.29 is 13.9 Å². The fourth-order valence-corrected chi connectivity index (χ4v) is 5.64. The molecule has 3 heterocycles. The van der Waals surface area contributed by atoms with Gasteiger partial charge in [-0.3, -0.25) is 9.78 Å². The summed E-state index contributed by atoms with van der Waals surface area (Å²) < 4.78 is 20.4. The van der Waals surface area contributed by atoms with E-state index in [0.717, 1.165) is 44.2 Å². The number of nitrogens with zero attached hydrogens (tertiary/aromatic N) is 2. The number of rotatable bonds is 4. The predicted octanol–water partition coefficient (Wildman–Crippen LogP) is 5.29. The smallest absolute Gasteiger partial charge is 0.233 e. The first-order chi connectivity index (χ1) is 16.2. The molecule has 1 atom stereocenters. The summed E-state index contributed by atoms with van der Waals surface area (Å²) in [6, 6.07) is 15.5. The number of carbonyl (C=O) groups excluding carboxylic acids is 1. The summed E-state index contributed by atoms with van der Waals surface area (Å²) in [5.74, 6) is 0.336. The van der Waals surface area contributed by atoms with Crippen molar-refractivity contribution in [3.8, 4) is 0 Å². The molecule has 2 aromatic carbocycles. The maximum Gasteiger partial charge on any atom is 0.233 e. The second-order valence-electron chi connectivity index (χ2n) is 9.52. The molecule has 0 spiro atoms. The van der Waals surface area contributed by atoms with Gasteiger partial charge < -0.3 is 9.64 Å². The average molecular weight is 447 g/mol. The summed E-state index contributed by atoms with van der Waals surface area (Å²) in [5, 5.41) is 2.38. The first-order valence-electron chi connectivity index (χ1n) is 12.1. The fourth-order valence-electron chi connectivity index (χ4n) is 5.64. The van der Waals surface area contributed by atoms with Crippen LogP contribution in [-0.4, -0.2) is 42.1 Å². The van der Waals surface area contributed by atoms with E-state index in [0.29, 0.717) is 37.5 Å². The van der Waals surface area contributed by atoms with E-state index in [-0.39, 0.29) is 11.7 Å². The normalized spacial score (nSPS) is 21.0. The molecule has 2 aliphatic heterocycles. The zero-order chi connectivity index (χ0) is 22.7. The number of carbonyl (C=O) groups is 1. The van der Waals surface area contributed by atoms with Gasteiger partial charge in [-0.1, -0.05) is 36.4 Å². The molecule has 0 radical (unpaired) electrons. The molecule has 3 aromatic rings. The number of pyridine rings is 1. The van der Waals surface area contributed by atoms with E-state index in [4.69, 9.17) is 4.74 Å². The lowest BCUT2D eigenvalue weighted by atomic mass is 9.72. The number of benzene rings is 2. The number of hydrogen-bond acceptors (Lipinski definition) is 3. The van der Waals surface area contributed by atoms with Crippen LogP contribution in [0.5, 0.6) is 0 Å². The summed E-state index contributed by atoms with van der Waals surface area (Å²) >= 11 is 0.